The van der Waals surface area contributed by atoms with Crippen molar-refractivity contribution < 1.29 is 27.0 Å². The minimum Gasteiger partial charge on any atom is -0.744 e. The zero-order valence-electron chi connectivity index (χ0n) is 25.2. The first kappa shape index (κ1) is 33.1. The third-order valence-corrected chi connectivity index (χ3v) is 7.85. The fourth-order valence-corrected chi connectivity index (χ4v) is 4.76. The zero-order chi connectivity index (χ0) is 30.4. The average molecular weight is 590 g/mol. The standard InChI is InChI=1S/C28H36NO2.C7H8O3S/c1-23-11-15-25(16-12-23)7-5-19-30-21-27-9-4-10-28(29(27)3)22-31-20-6-8-26-17-13-24(2)14-18-26;1-6-2-4-7(5-3-6)11(8,9)10/h4,9-18H,5-8,19-22H2,1-3H3;2-5H,1H3,(H,8,9,10)/q+1;/p-1. The Hall–Kier alpha value is -3.36. The molecule has 1 aromatic heterocycles. The number of pyridine rings is 1. The van der Waals surface area contributed by atoms with Gasteiger partial charge >= 0.3 is 0 Å². The summed E-state index contributed by atoms with van der Waals surface area (Å²) in [5, 5.41) is 0. The van der Waals surface area contributed by atoms with Crippen molar-refractivity contribution in [2.45, 2.75) is 64.6 Å². The highest BCUT2D eigenvalue weighted by Crippen LogP contribution is 2.10. The maximum atomic E-state index is 10.4. The predicted molar refractivity (Wildman–Crippen MR) is 165 cm³/mol. The Labute approximate surface area is 251 Å². The molecule has 0 bridgehead atoms. The summed E-state index contributed by atoms with van der Waals surface area (Å²) in [5.41, 5.74) is 8.65. The van der Waals surface area contributed by atoms with Crippen LogP contribution in [0.15, 0.2) is 95.9 Å². The van der Waals surface area contributed by atoms with Crippen molar-refractivity contribution >= 4 is 10.1 Å². The van der Waals surface area contributed by atoms with Gasteiger partial charge in [-0.2, -0.15) is 4.57 Å². The van der Waals surface area contributed by atoms with Gasteiger partial charge in [-0.05, 0) is 75.8 Å². The lowest BCUT2D eigenvalue weighted by molar-refractivity contribution is -0.690. The summed E-state index contributed by atoms with van der Waals surface area (Å²) in [6.07, 6.45) is 4.19. The fourth-order valence-electron chi connectivity index (χ4n) is 4.29. The Morgan fingerprint density at radius 3 is 1.38 bits per heavy atom. The highest BCUT2D eigenvalue weighted by molar-refractivity contribution is 7.85. The summed E-state index contributed by atoms with van der Waals surface area (Å²) in [6.45, 7) is 8.87. The molecule has 0 amide bonds. The Kier molecular flexibility index (Phi) is 13.4. The number of hydrogen-bond acceptors (Lipinski definition) is 5. The first-order chi connectivity index (χ1) is 20.1. The topological polar surface area (TPSA) is 79.5 Å². The molecule has 42 heavy (non-hydrogen) atoms. The molecule has 0 atom stereocenters. The van der Waals surface area contributed by atoms with Gasteiger partial charge in [0.15, 0.2) is 0 Å². The highest BCUT2D eigenvalue weighted by Gasteiger charge is 2.12. The van der Waals surface area contributed by atoms with Crippen LogP contribution in [0.3, 0.4) is 0 Å². The first-order valence-electron chi connectivity index (χ1n) is 14.4. The van der Waals surface area contributed by atoms with Crippen LogP contribution in [-0.4, -0.2) is 26.2 Å². The van der Waals surface area contributed by atoms with Gasteiger partial charge in [0, 0.05) is 25.3 Å². The average Bonchev–Trinajstić information content (AvgIpc) is 2.96. The van der Waals surface area contributed by atoms with E-state index in [-0.39, 0.29) is 4.90 Å². The van der Waals surface area contributed by atoms with E-state index in [0.29, 0.717) is 13.2 Å². The van der Waals surface area contributed by atoms with Crippen LogP contribution in [0.4, 0.5) is 0 Å². The lowest BCUT2D eigenvalue weighted by Gasteiger charge is -2.08. The maximum Gasteiger partial charge on any atom is 0.207 e. The first-order valence-corrected chi connectivity index (χ1v) is 15.8. The van der Waals surface area contributed by atoms with Crippen molar-refractivity contribution in [3.05, 3.63) is 130 Å². The molecule has 7 heteroatoms. The Balaban J connectivity index is 0.000000369. The van der Waals surface area contributed by atoms with Crippen LogP contribution in [0, 0.1) is 20.8 Å². The van der Waals surface area contributed by atoms with Crippen LogP contribution in [-0.2, 0) is 52.7 Å². The second-order valence-corrected chi connectivity index (χ2v) is 12.0. The van der Waals surface area contributed by atoms with Crippen LogP contribution in [0.2, 0.25) is 0 Å². The van der Waals surface area contributed by atoms with E-state index >= 15 is 0 Å². The minimum absolute atomic E-state index is 0.178. The molecule has 3 aromatic carbocycles. The van der Waals surface area contributed by atoms with Gasteiger partial charge in [0.05, 0.1) is 4.90 Å². The fraction of sp³-hybridized carbons (Fsp3) is 0.343. The molecule has 0 aliphatic rings. The van der Waals surface area contributed by atoms with Crippen LogP contribution >= 0.6 is 0 Å². The monoisotopic (exact) mass is 589 g/mol. The van der Waals surface area contributed by atoms with Crippen molar-refractivity contribution in [3.63, 3.8) is 0 Å². The van der Waals surface area contributed by atoms with E-state index in [2.05, 4.69) is 92.2 Å². The largest absolute Gasteiger partial charge is 0.744 e. The maximum absolute atomic E-state index is 10.4. The molecule has 6 nitrogen and oxygen atoms in total. The molecule has 4 aromatic rings. The molecule has 4 rings (SSSR count). The SMILES string of the molecule is Cc1ccc(CCCOCc2cccc(COCCCc3ccc(C)cc3)[n+]2C)cc1.Cc1ccc(S(=O)(=O)[O-])cc1. The Morgan fingerprint density at radius 1 is 0.619 bits per heavy atom. The normalized spacial score (nSPS) is 11.2. The van der Waals surface area contributed by atoms with Crippen LogP contribution in [0.25, 0.3) is 0 Å². The third kappa shape index (κ3) is 11.9. The summed E-state index contributed by atoms with van der Waals surface area (Å²) >= 11 is 0. The van der Waals surface area contributed by atoms with E-state index in [9.17, 15) is 13.0 Å². The van der Waals surface area contributed by atoms with Crippen molar-refractivity contribution in [1.29, 1.82) is 0 Å². The Morgan fingerprint density at radius 2 is 1.00 bits per heavy atom. The molecule has 0 spiro atoms. The van der Waals surface area contributed by atoms with Crippen LogP contribution in [0.5, 0.6) is 0 Å². The molecule has 0 saturated heterocycles. The number of aryl methyl sites for hydroxylation is 5. The van der Waals surface area contributed by atoms with Gasteiger partial charge in [0.1, 0.15) is 30.4 Å². The molecule has 0 unspecified atom stereocenters. The van der Waals surface area contributed by atoms with Gasteiger partial charge in [-0.15, -0.1) is 0 Å². The Bertz CT molecular complexity index is 1390. The molecule has 0 aliphatic carbocycles. The van der Waals surface area contributed by atoms with E-state index in [0.717, 1.165) is 44.5 Å². The number of aromatic nitrogens is 1. The molecule has 1 heterocycles. The summed E-state index contributed by atoms with van der Waals surface area (Å²) in [7, 11) is -2.18. The van der Waals surface area contributed by atoms with Gasteiger partial charge < -0.3 is 14.0 Å². The number of hydrogen-bond donors (Lipinski definition) is 0. The molecular formula is C35H43NO5S. The summed E-state index contributed by atoms with van der Waals surface area (Å²) in [4.78, 5) is -0.178. The van der Waals surface area contributed by atoms with Crippen LogP contribution in [0.1, 0.15) is 52.0 Å². The second kappa shape index (κ2) is 16.9. The molecule has 0 radical (unpaired) electrons. The zero-order valence-corrected chi connectivity index (χ0v) is 26.0. The number of benzene rings is 3. The van der Waals surface area contributed by atoms with Crippen molar-refractivity contribution in [1.82, 2.24) is 0 Å². The smallest absolute Gasteiger partial charge is 0.207 e. The van der Waals surface area contributed by atoms with E-state index in [1.54, 1.807) is 12.1 Å². The third-order valence-electron chi connectivity index (χ3n) is 7.00. The number of ether oxygens (including phenoxy) is 2. The van der Waals surface area contributed by atoms with E-state index in [1.807, 2.05) is 6.92 Å². The second-order valence-electron chi connectivity index (χ2n) is 10.6. The van der Waals surface area contributed by atoms with Gasteiger partial charge in [0.25, 0.3) is 0 Å². The summed E-state index contributed by atoms with van der Waals surface area (Å²) < 4.78 is 45.2. The molecular weight excluding hydrogens is 546 g/mol. The van der Waals surface area contributed by atoms with Crippen molar-refractivity contribution in [3.8, 4) is 0 Å². The predicted octanol–water partition coefficient (Wildman–Crippen LogP) is 6.33. The molecule has 0 fully saturated rings. The van der Waals surface area contributed by atoms with Crippen LogP contribution < -0.4 is 4.57 Å². The van der Waals surface area contributed by atoms with E-state index in [4.69, 9.17) is 9.47 Å². The van der Waals surface area contributed by atoms with Gasteiger partial charge in [0.2, 0.25) is 11.4 Å². The lowest BCUT2D eigenvalue weighted by Crippen LogP contribution is -2.39. The van der Waals surface area contributed by atoms with Gasteiger partial charge in [-0.25, -0.2) is 8.42 Å². The van der Waals surface area contributed by atoms with E-state index < -0.39 is 10.1 Å². The quantitative estimate of drug-likeness (QED) is 0.104. The summed E-state index contributed by atoms with van der Waals surface area (Å²) in [5.74, 6) is 0. The number of nitrogens with zero attached hydrogens (tertiary/aromatic N) is 1. The molecule has 0 N–H and O–H groups in total. The number of rotatable bonds is 13. The van der Waals surface area contributed by atoms with Gasteiger partial charge in [-0.3, -0.25) is 0 Å². The van der Waals surface area contributed by atoms with Crippen molar-refractivity contribution in [2.75, 3.05) is 13.2 Å². The summed E-state index contributed by atoms with van der Waals surface area (Å²) in [6, 6.07) is 29.7. The van der Waals surface area contributed by atoms with E-state index in [1.165, 1.54) is 45.8 Å². The van der Waals surface area contributed by atoms with Crippen molar-refractivity contribution in [2.24, 2.45) is 7.05 Å². The highest BCUT2D eigenvalue weighted by atomic mass is 32.2. The molecule has 0 aliphatic heterocycles. The molecule has 0 saturated carbocycles. The lowest BCUT2D eigenvalue weighted by atomic mass is 10.1. The minimum atomic E-state index is -4.27. The molecule has 224 valence electrons. The van der Waals surface area contributed by atoms with Gasteiger partial charge in [-0.1, -0.05) is 77.4 Å².